The minimum Gasteiger partial charge on any atom is -0.310 e. The Bertz CT molecular complexity index is 410. The molecule has 0 aromatic carbocycles. The van der Waals surface area contributed by atoms with Gasteiger partial charge in [-0.15, -0.1) is 0 Å². The van der Waals surface area contributed by atoms with Crippen LogP contribution in [0.2, 0.25) is 0 Å². The van der Waals surface area contributed by atoms with Crippen molar-refractivity contribution in [1.82, 2.24) is 0 Å². The standard InChI is InChI=1S/C21H37N/c1-9-17(3)11-16-21(7,8)18(4)12-14-20(5,6)15-13-19(22)10-2/h9,22H,1,3-4,10-16H2,2,5-8H3. The maximum absolute atomic E-state index is 7.81. The van der Waals surface area contributed by atoms with E-state index in [1.807, 2.05) is 6.08 Å². The number of rotatable bonds is 12. The van der Waals surface area contributed by atoms with Gasteiger partial charge in [-0.25, -0.2) is 0 Å². The molecule has 22 heavy (non-hydrogen) atoms. The van der Waals surface area contributed by atoms with Crippen LogP contribution < -0.4 is 0 Å². The summed E-state index contributed by atoms with van der Waals surface area (Å²) in [5, 5.41) is 7.81. The second-order valence-electron chi connectivity index (χ2n) is 7.97. The molecule has 1 N–H and O–H groups in total. The highest BCUT2D eigenvalue weighted by Gasteiger charge is 2.24. The summed E-state index contributed by atoms with van der Waals surface area (Å²) in [5.74, 6) is 0. The maximum Gasteiger partial charge on any atom is 0.00866 e. The molecule has 0 saturated heterocycles. The zero-order valence-corrected chi connectivity index (χ0v) is 15.6. The van der Waals surface area contributed by atoms with Crippen LogP contribution in [0.4, 0.5) is 0 Å². The number of allylic oxidation sites excluding steroid dienone is 3. The molecule has 0 aromatic rings. The molecule has 0 unspecified atom stereocenters. The van der Waals surface area contributed by atoms with Gasteiger partial charge < -0.3 is 5.41 Å². The van der Waals surface area contributed by atoms with E-state index in [0.29, 0.717) is 0 Å². The van der Waals surface area contributed by atoms with Crippen molar-refractivity contribution < 1.29 is 0 Å². The Balaban J connectivity index is 4.36. The van der Waals surface area contributed by atoms with Crippen molar-refractivity contribution in [2.24, 2.45) is 10.8 Å². The quantitative estimate of drug-likeness (QED) is 0.226. The van der Waals surface area contributed by atoms with Crippen molar-refractivity contribution in [2.45, 2.75) is 79.6 Å². The van der Waals surface area contributed by atoms with Gasteiger partial charge in [-0.3, -0.25) is 0 Å². The smallest absolute Gasteiger partial charge is 0.00866 e. The molecule has 0 saturated carbocycles. The second kappa shape index (κ2) is 9.12. The first-order valence-electron chi connectivity index (χ1n) is 8.59. The largest absolute Gasteiger partial charge is 0.310 e. The molecule has 0 fully saturated rings. The Morgan fingerprint density at radius 2 is 1.50 bits per heavy atom. The van der Waals surface area contributed by atoms with Crippen molar-refractivity contribution in [3.63, 3.8) is 0 Å². The number of hydrogen-bond acceptors (Lipinski definition) is 1. The lowest BCUT2D eigenvalue weighted by atomic mass is 9.74. The molecule has 126 valence electrons. The highest BCUT2D eigenvalue weighted by Crippen LogP contribution is 2.38. The van der Waals surface area contributed by atoms with Gasteiger partial charge in [0.2, 0.25) is 0 Å². The van der Waals surface area contributed by atoms with Gasteiger partial charge in [0.1, 0.15) is 0 Å². The van der Waals surface area contributed by atoms with Crippen LogP contribution in [0, 0.1) is 16.2 Å². The highest BCUT2D eigenvalue weighted by molar-refractivity contribution is 5.80. The summed E-state index contributed by atoms with van der Waals surface area (Å²) in [5.41, 5.74) is 3.75. The molecule has 1 nitrogen and oxygen atoms in total. The lowest BCUT2D eigenvalue weighted by Gasteiger charge is -2.31. The predicted octanol–water partition coefficient (Wildman–Crippen LogP) is 7.11. The summed E-state index contributed by atoms with van der Waals surface area (Å²) in [6.07, 6.45) is 9.05. The van der Waals surface area contributed by atoms with E-state index >= 15 is 0 Å². The minimum atomic E-state index is 0.151. The van der Waals surface area contributed by atoms with Crippen LogP contribution in [0.1, 0.15) is 79.6 Å². The molecule has 0 heterocycles. The van der Waals surface area contributed by atoms with E-state index in [1.165, 1.54) is 5.57 Å². The molecular weight excluding hydrogens is 266 g/mol. The Labute approximate surface area is 139 Å². The maximum atomic E-state index is 7.81. The van der Waals surface area contributed by atoms with Gasteiger partial charge in [-0.1, -0.05) is 71.6 Å². The summed E-state index contributed by atoms with van der Waals surface area (Å²) in [6.45, 7) is 23.4. The number of hydrogen-bond donors (Lipinski definition) is 1. The molecule has 0 aliphatic carbocycles. The van der Waals surface area contributed by atoms with Gasteiger partial charge >= 0.3 is 0 Å². The van der Waals surface area contributed by atoms with Crippen LogP contribution in [0.5, 0.6) is 0 Å². The fourth-order valence-electron chi connectivity index (χ4n) is 2.37. The average molecular weight is 304 g/mol. The molecule has 0 bridgehead atoms. The third-order valence-electron chi connectivity index (χ3n) is 4.95. The van der Waals surface area contributed by atoms with E-state index in [0.717, 1.165) is 56.2 Å². The average Bonchev–Trinajstić information content (AvgIpc) is 2.47. The fourth-order valence-corrected chi connectivity index (χ4v) is 2.37. The summed E-state index contributed by atoms with van der Waals surface area (Å²) < 4.78 is 0. The summed E-state index contributed by atoms with van der Waals surface area (Å²) >= 11 is 0. The lowest BCUT2D eigenvalue weighted by Crippen LogP contribution is -2.18. The highest BCUT2D eigenvalue weighted by atomic mass is 14.4. The van der Waals surface area contributed by atoms with Crippen LogP contribution in [-0.2, 0) is 0 Å². The van der Waals surface area contributed by atoms with Crippen LogP contribution in [0.25, 0.3) is 0 Å². The van der Waals surface area contributed by atoms with E-state index in [2.05, 4.69) is 54.4 Å². The zero-order chi connectivity index (χ0) is 17.4. The number of nitrogens with one attached hydrogen (secondary N) is 1. The molecule has 0 spiro atoms. The van der Waals surface area contributed by atoms with Crippen LogP contribution in [0.15, 0.2) is 37.0 Å². The fraction of sp³-hybridized carbons (Fsp3) is 0.667. The molecule has 1 heteroatoms. The van der Waals surface area contributed by atoms with Crippen molar-refractivity contribution >= 4 is 5.71 Å². The SMILES string of the molecule is C=CC(=C)CCC(C)(C)C(=C)CCC(C)(C)CCC(=N)CC. The first-order chi connectivity index (χ1) is 10.0. The molecule has 0 aromatic heterocycles. The van der Waals surface area contributed by atoms with E-state index < -0.39 is 0 Å². The van der Waals surface area contributed by atoms with Crippen molar-refractivity contribution in [3.8, 4) is 0 Å². The van der Waals surface area contributed by atoms with Gasteiger partial charge in [0.05, 0.1) is 0 Å². The molecule has 0 rings (SSSR count). The van der Waals surface area contributed by atoms with Crippen LogP contribution in [-0.4, -0.2) is 5.71 Å². The van der Waals surface area contributed by atoms with E-state index in [1.54, 1.807) is 0 Å². The molecule has 0 radical (unpaired) electrons. The lowest BCUT2D eigenvalue weighted by molar-refractivity contribution is 0.296. The summed E-state index contributed by atoms with van der Waals surface area (Å²) in [7, 11) is 0. The normalized spacial score (nSPS) is 12.0. The van der Waals surface area contributed by atoms with E-state index in [4.69, 9.17) is 5.41 Å². The van der Waals surface area contributed by atoms with E-state index in [9.17, 15) is 0 Å². The minimum absolute atomic E-state index is 0.151. The Kier molecular flexibility index (Phi) is 8.66. The monoisotopic (exact) mass is 303 g/mol. The zero-order valence-electron chi connectivity index (χ0n) is 15.6. The third-order valence-corrected chi connectivity index (χ3v) is 4.95. The topological polar surface area (TPSA) is 23.9 Å². The molecule has 0 atom stereocenters. The van der Waals surface area contributed by atoms with Crippen LogP contribution >= 0.6 is 0 Å². The van der Waals surface area contributed by atoms with Crippen molar-refractivity contribution in [3.05, 3.63) is 37.0 Å². The molecule has 0 amide bonds. The van der Waals surface area contributed by atoms with Crippen LogP contribution in [0.3, 0.4) is 0 Å². The molecule has 0 aliphatic rings. The van der Waals surface area contributed by atoms with Gasteiger partial charge in [0.15, 0.2) is 0 Å². The third kappa shape index (κ3) is 8.36. The Hall–Kier alpha value is -1.11. The summed E-state index contributed by atoms with van der Waals surface area (Å²) in [6, 6.07) is 0. The van der Waals surface area contributed by atoms with Gasteiger partial charge in [-0.05, 0) is 55.8 Å². The first kappa shape index (κ1) is 20.9. The summed E-state index contributed by atoms with van der Waals surface area (Å²) in [4.78, 5) is 0. The van der Waals surface area contributed by atoms with Crippen molar-refractivity contribution in [1.29, 1.82) is 5.41 Å². The first-order valence-corrected chi connectivity index (χ1v) is 8.59. The predicted molar refractivity (Wildman–Crippen MR) is 102 cm³/mol. The van der Waals surface area contributed by atoms with Crippen molar-refractivity contribution in [2.75, 3.05) is 0 Å². The molecule has 0 aliphatic heterocycles. The van der Waals surface area contributed by atoms with E-state index in [-0.39, 0.29) is 10.8 Å². The second-order valence-corrected chi connectivity index (χ2v) is 7.97. The Morgan fingerprint density at radius 3 is 2.00 bits per heavy atom. The Morgan fingerprint density at radius 1 is 0.955 bits per heavy atom. The van der Waals surface area contributed by atoms with Gasteiger partial charge in [-0.2, -0.15) is 0 Å². The van der Waals surface area contributed by atoms with Gasteiger partial charge in [0, 0.05) is 5.71 Å². The van der Waals surface area contributed by atoms with Gasteiger partial charge in [0.25, 0.3) is 0 Å². The molecular formula is C21H37N.